The molecule has 0 radical (unpaired) electrons. The number of amides is 2. The molecule has 2 aromatic carbocycles. The molecule has 1 fully saturated rings. The van der Waals surface area contributed by atoms with Gasteiger partial charge in [0.15, 0.2) is 11.5 Å². The highest BCUT2D eigenvalue weighted by Gasteiger charge is 2.27. The second-order valence-corrected chi connectivity index (χ2v) is 9.60. The SMILES string of the molecule is COc1cc(OC)c(NC(=O)N2CCC(c3nc(-c4ccc5c(c4)OCCO5)cs3)CC2)cc1Cl. The van der Waals surface area contributed by atoms with Gasteiger partial charge in [0.05, 0.1) is 35.6 Å². The van der Waals surface area contributed by atoms with E-state index in [9.17, 15) is 4.79 Å². The van der Waals surface area contributed by atoms with E-state index in [1.165, 1.54) is 14.2 Å². The number of benzene rings is 2. The molecular formula is C25H26ClN3O5S. The molecule has 0 spiro atoms. The van der Waals surface area contributed by atoms with Gasteiger partial charge in [-0.25, -0.2) is 9.78 Å². The summed E-state index contributed by atoms with van der Waals surface area (Å²) in [7, 11) is 3.07. The fourth-order valence-electron chi connectivity index (χ4n) is 4.29. The fourth-order valence-corrected chi connectivity index (χ4v) is 5.53. The molecule has 0 atom stereocenters. The highest BCUT2D eigenvalue weighted by atomic mass is 35.5. The molecule has 1 saturated heterocycles. The van der Waals surface area contributed by atoms with Crippen LogP contribution in [0.5, 0.6) is 23.0 Å². The molecule has 184 valence electrons. The maximum atomic E-state index is 12.9. The van der Waals surface area contributed by atoms with Gasteiger partial charge < -0.3 is 29.2 Å². The minimum Gasteiger partial charge on any atom is -0.495 e. The monoisotopic (exact) mass is 515 g/mol. The van der Waals surface area contributed by atoms with E-state index in [0.29, 0.717) is 54.4 Å². The first-order valence-corrected chi connectivity index (χ1v) is 12.6. The van der Waals surface area contributed by atoms with Gasteiger partial charge in [-0.1, -0.05) is 11.6 Å². The Balaban J connectivity index is 1.21. The van der Waals surface area contributed by atoms with Gasteiger partial charge in [0, 0.05) is 36.0 Å². The quantitative estimate of drug-likeness (QED) is 0.472. The van der Waals surface area contributed by atoms with E-state index in [1.54, 1.807) is 23.5 Å². The zero-order chi connectivity index (χ0) is 24.4. The van der Waals surface area contributed by atoms with Gasteiger partial charge in [-0.05, 0) is 37.1 Å². The number of rotatable bonds is 5. The number of aromatic nitrogens is 1. The highest BCUT2D eigenvalue weighted by molar-refractivity contribution is 7.10. The first kappa shape index (κ1) is 23.6. The van der Waals surface area contributed by atoms with Crippen LogP contribution in [0.15, 0.2) is 35.7 Å². The second kappa shape index (κ2) is 10.2. The molecule has 10 heteroatoms. The third-order valence-electron chi connectivity index (χ3n) is 6.21. The Labute approximate surface area is 212 Å². The van der Waals surface area contributed by atoms with Crippen molar-refractivity contribution in [3.8, 4) is 34.3 Å². The summed E-state index contributed by atoms with van der Waals surface area (Å²) < 4.78 is 21.9. The fraction of sp³-hybridized carbons (Fsp3) is 0.360. The molecule has 0 bridgehead atoms. The zero-order valence-corrected chi connectivity index (χ0v) is 21.1. The lowest BCUT2D eigenvalue weighted by Gasteiger charge is -2.31. The number of thiazole rings is 1. The van der Waals surface area contributed by atoms with Crippen LogP contribution in [0.1, 0.15) is 23.8 Å². The summed E-state index contributed by atoms with van der Waals surface area (Å²) in [5.41, 5.74) is 2.46. The number of likely N-dealkylation sites (tertiary alicyclic amines) is 1. The van der Waals surface area contributed by atoms with Gasteiger partial charge in [-0.3, -0.25) is 0 Å². The van der Waals surface area contributed by atoms with Gasteiger partial charge in [-0.2, -0.15) is 0 Å². The molecule has 0 unspecified atom stereocenters. The molecule has 5 rings (SSSR count). The lowest BCUT2D eigenvalue weighted by atomic mass is 9.98. The molecule has 1 aromatic heterocycles. The number of anilines is 1. The highest BCUT2D eigenvalue weighted by Crippen LogP contribution is 2.38. The standard InChI is InChI=1S/C25H26ClN3O5S/c1-31-21-13-22(32-2)18(12-17(21)26)28-25(30)29-7-5-15(6-8-29)24-27-19(14-35-24)16-3-4-20-23(11-16)34-10-9-33-20/h3-4,11-15H,5-10H2,1-2H3,(H,28,30). The second-order valence-electron chi connectivity index (χ2n) is 8.31. The number of carbonyl (C=O) groups is 1. The molecule has 0 aliphatic carbocycles. The third kappa shape index (κ3) is 4.97. The van der Waals surface area contributed by atoms with Crippen LogP contribution in [0.3, 0.4) is 0 Å². The van der Waals surface area contributed by atoms with Crippen LogP contribution in [0, 0.1) is 0 Å². The Hall–Kier alpha value is -3.17. The van der Waals surface area contributed by atoms with Crippen LogP contribution in [0.25, 0.3) is 11.3 Å². The molecule has 3 aromatic rings. The number of nitrogens with one attached hydrogen (secondary N) is 1. The number of carbonyl (C=O) groups excluding carboxylic acids is 1. The molecule has 2 aliphatic rings. The van der Waals surface area contributed by atoms with Crippen molar-refractivity contribution in [3.63, 3.8) is 0 Å². The van der Waals surface area contributed by atoms with Crippen molar-refractivity contribution >= 4 is 34.7 Å². The number of piperidine rings is 1. The molecule has 1 N–H and O–H groups in total. The number of halogens is 1. The van der Waals surface area contributed by atoms with E-state index in [0.717, 1.165) is 40.6 Å². The van der Waals surface area contributed by atoms with E-state index < -0.39 is 0 Å². The molecular weight excluding hydrogens is 490 g/mol. The summed E-state index contributed by atoms with van der Waals surface area (Å²) in [5, 5.41) is 6.50. The number of urea groups is 1. The van der Waals surface area contributed by atoms with Crippen molar-refractivity contribution < 1.29 is 23.7 Å². The maximum Gasteiger partial charge on any atom is 0.321 e. The lowest BCUT2D eigenvalue weighted by Crippen LogP contribution is -2.40. The van der Waals surface area contributed by atoms with E-state index in [1.807, 2.05) is 23.1 Å². The number of methoxy groups -OCH3 is 2. The summed E-state index contributed by atoms with van der Waals surface area (Å²) in [6.07, 6.45) is 1.70. The van der Waals surface area contributed by atoms with Gasteiger partial charge in [0.1, 0.15) is 24.7 Å². The van der Waals surface area contributed by atoms with E-state index in [-0.39, 0.29) is 6.03 Å². The Morgan fingerprint density at radius 1 is 1.09 bits per heavy atom. The summed E-state index contributed by atoms with van der Waals surface area (Å²) in [6, 6.07) is 9.05. The topological polar surface area (TPSA) is 82.2 Å². The molecule has 0 saturated carbocycles. The van der Waals surface area contributed by atoms with Crippen LogP contribution >= 0.6 is 22.9 Å². The van der Waals surface area contributed by atoms with E-state index >= 15 is 0 Å². The molecule has 2 amide bonds. The average Bonchev–Trinajstić information content (AvgIpc) is 3.39. The number of nitrogens with zero attached hydrogens (tertiary/aromatic N) is 2. The Morgan fingerprint density at radius 3 is 2.57 bits per heavy atom. The van der Waals surface area contributed by atoms with Crippen molar-refractivity contribution in [2.24, 2.45) is 0 Å². The number of fused-ring (bicyclic) bond motifs is 1. The Morgan fingerprint density at radius 2 is 1.83 bits per heavy atom. The summed E-state index contributed by atoms with van der Waals surface area (Å²) in [6.45, 7) is 2.41. The van der Waals surface area contributed by atoms with Gasteiger partial charge in [-0.15, -0.1) is 11.3 Å². The first-order valence-electron chi connectivity index (χ1n) is 11.4. The Bertz CT molecular complexity index is 1230. The van der Waals surface area contributed by atoms with Crippen LogP contribution in [0.2, 0.25) is 5.02 Å². The minimum absolute atomic E-state index is 0.181. The van der Waals surface area contributed by atoms with Crippen LogP contribution < -0.4 is 24.3 Å². The van der Waals surface area contributed by atoms with Crippen LogP contribution in [-0.4, -0.2) is 56.4 Å². The molecule has 3 heterocycles. The van der Waals surface area contributed by atoms with Crippen molar-refractivity contribution in [1.29, 1.82) is 0 Å². The summed E-state index contributed by atoms with van der Waals surface area (Å²) in [5.74, 6) is 2.83. The summed E-state index contributed by atoms with van der Waals surface area (Å²) >= 11 is 7.90. The third-order valence-corrected chi connectivity index (χ3v) is 7.51. The predicted octanol–water partition coefficient (Wildman–Crippen LogP) is 5.66. The number of hydrogen-bond donors (Lipinski definition) is 1. The summed E-state index contributed by atoms with van der Waals surface area (Å²) in [4.78, 5) is 19.6. The lowest BCUT2D eigenvalue weighted by molar-refractivity contribution is 0.171. The van der Waals surface area contributed by atoms with Crippen molar-refractivity contribution in [2.45, 2.75) is 18.8 Å². The largest absolute Gasteiger partial charge is 0.495 e. The number of ether oxygens (including phenoxy) is 4. The van der Waals surface area contributed by atoms with Crippen LogP contribution in [0.4, 0.5) is 10.5 Å². The minimum atomic E-state index is -0.181. The van der Waals surface area contributed by atoms with Crippen molar-refractivity contribution in [1.82, 2.24) is 9.88 Å². The van der Waals surface area contributed by atoms with E-state index in [2.05, 4.69) is 10.7 Å². The normalized spacial score (nSPS) is 15.6. The van der Waals surface area contributed by atoms with Gasteiger partial charge in [0.25, 0.3) is 0 Å². The van der Waals surface area contributed by atoms with Crippen molar-refractivity contribution in [2.75, 3.05) is 45.8 Å². The predicted molar refractivity (Wildman–Crippen MR) is 136 cm³/mol. The van der Waals surface area contributed by atoms with Crippen molar-refractivity contribution in [3.05, 3.63) is 45.7 Å². The molecule has 8 nitrogen and oxygen atoms in total. The van der Waals surface area contributed by atoms with E-state index in [4.69, 9.17) is 35.5 Å². The molecule has 2 aliphatic heterocycles. The van der Waals surface area contributed by atoms with Gasteiger partial charge >= 0.3 is 6.03 Å². The maximum absolute atomic E-state index is 12.9. The average molecular weight is 516 g/mol. The Kier molecular flexibility index (Phi) is 6.88. The number of hydrogen-bond acceptors (Lipinski definition) is 7. The zero-order valence-electron chi connectivity index (χ0n) is 19.5. The molecule has 35 heavy (non-hydrogen) atoms. The first-order chi connectivity index (χ1) is 17.1. The smallest absolute Gasteiger partial charge is 0.321 e. The van der Waals surface area contributed by atoms with Crippen LogP contribution in [-0.2, 0) is 0 Å². The van der Waals surface area contributed by atoms with Gasteiger partial charge in [0.2, 0.25) is 0 Å².